The van der Waals surface area contributed by atoms with Crippen LogP contribution in [0.25, 0.3) is 0 Å². The number of hydrogen-bond acceptors (Lipinski definition) is 2. The van der Waals surface area contributed by atoms with Crippen LogP contribution in [-0.4, -0.2) is 13.0 Å². The Morgan fingerprint density at radius 3 is 2.22 bits per heavy atom. The van der Waals surface area contributed by atoms with Gasteiger partial charge in [0.15, 0.2) is 0 Å². The Kier molecular flexibility index (Phi) is 5.26. The van der Waals surface area contributed by atoms with Gasteiger partial charge in [0.2, 0.25) is 5.91 Å². The molecule has 0 bridgehead atoms. The van der Waals surface area contributed by atoms with Crippen molar-refractivity contribution >= 4 is 5.91 Å². The summed E-state index contributed by atoms with van der Waals surface area (Å²) < 4.78 is 43.4. The number of alkyl halides is 3. The van der Waals surface area contributed by atoms with E-state index < -0.39 is 17.8 Å². The molecular weight excluding hydrogens is 307 g/mol. The summed E-state index contributed by atoms with van der Waals surface area (Å²) in [5, 5.41) is 2.51. The number of carbonyl (C=O) groups excluding carboxylic acids is 1. The number of nitrogens with one attached hydrogen (secondary N) is 1. The number of amides is 1. The maximum atomic E-state index is 12.6. The van der Waals surface area contributed by atoms with Crippen LogP contribution in [0.15, 0.2) is 54.6 Å². The highest BCUT2D eigenvalue weighted by Gasteiger charge is 2.30. The standard InChI is InChI=1S/C17H16F3NO2/c1-21-16(22)11-15(12-5-3-2-4-6-12)23-14-9-7-13(8-10-14)17(18,19)20/h2-10,15H,11H2,1H3,(H,21,22)/t15-/m0/s1. The molecule has 3 nitrogen and oxygen atoms in total. The topological polar surface area (TPSA) is 38.3 Å². The molecule has 2 rings (SSSR count). The SMILES string of the molecule is CNC(=O)C[C@H](Oc1ccc(C(F)(F)F)cc1)c1ccccc1. The molecule has 0 aliphatic carbocycles. The molecule has 0 radical (unpaired) electrons. The molecule has 0 saturated carbocycles. The van der Waals surface area contributed by atoms with Crippen LogP contribution < -0.4 is 10.1 Å². The third-order valence-corrected chi connectivity index (χ3v) is 3.28. The zero-order valence-electron chi connectivity index (χ0n) is 12.4. The highest BCUT2D eigenvalue weighted by atomic mass is 19.4. The van der Waals surface area contributed by atoms with Crippen LogP contribution in [0.4, 0.5) is 13.2 Å². The van der Waals surface area contributed by atoms with Gasteiger partial charge in [-0.1, -0.05) is 30.3 Å². The van der Waals surface area contributed by atoms with Crippen LogP contribution >= 0.6 is 0 Å². The van der Waals surface area contributed by atoms with E-state index in [9.17, 15) is 18.0 Å². The number of ether oxygens (including phenoxy) is 1. The molecule has 0 aliphatic heterocycles. The van der Waals surface area contributed by atoms with Crippen LogP contribution in [0.2, 0.25) is 0 Å². The van der Waals surface area contributed by atoms with Gasteiger partial charge < -0.3 is 10.1 Å². The molecule has 23 heavy (non-hydrogen) atoms. The Balaban J connectivity index is 2.19. The second-order valence-electron chi connectivity index (χ2n) is 4.92. The summed E-state index contributed by atoms with van der Waals surface area (Å²) >= 11 is 0. The van der Waals surface area contributed by atoms with E-state index in [-0.39, 0.29) is 18.1 Å². The Morgan fingerprint density at radius 1 is 1.09 bits per heavy atom. The molecule has 122 valence electrons. The smallest absolute Gasteiger partial charge is 0.416 e. The third kappa shape index (κ3) is 4.74. The van der Waals surface area contributed by atoms with Crippen LogP contribution in [0.1, 0.15) is 23.7 Å². The molecule has 0 fully saturated rings. The second kappa shape index (κ2) is 7.17. The van der Waals surface area contributed by atoms with E-state index in [1.54, 1.807) is 12.1 Å². The average molecular weight is 323 g/mol. The maximum Gasteiger partial charge on any atom is 0.416 e. The summed E-state index contributed by atoms with van der Waals surface area (Å²) in [5.74, 6) is 0.0570. The van der Waals surface area contributed by atoms with E-state index in [2.05, 4.69) is 5.32 Å². The molecular formula is C17H16F3NO2. The Hall–Kier alpha value is -2.50. The lowest BCUT2D eigenvalue weighted by Gasteiger charge is -2.19. The molecule has 2 aromatic rings. The van der Waals surface area contributed by atoms with Crippen LogP contribution in [-0.2, 0) is 11.0 Å². The summed E-state index contributed by atoms with van der Waals surface area (Å²) in [6.45, 7) is 0. The van der Waals surface area contributed by atoms with Gasteiger partial charge in [0.05, 0.1) is 12.0 Å². The summed E-state index contributed by atoms with van der Waals surface area (Å²) in [7, 11) is 1.52. The predicted molar refractivity (Wildman–Crippen MR) is 79.9 cm³/mol. The molecule has 0 saturated heterocycles. The van der Waals surface area contributed by atoms with E-state index in [4.69, 9.17) is 4.74 Å². The van der Waals surface area contributed by atoms with Gasteiger partial charge in [0, 0.05) is 7.05 Å². The number of hydrogen-bond donors (Lipinski definition) is 1. The Bertz CT molecular complexity index is 639. The Morgan fingerprint density at radius 2 is 1.70 bits per heavy atom. The van der Waals surface area contributed by atoms with Crippen LogP contribution in [0.5, 0.6) is 5.75 Å². The van der Waals surface area contributed by atoms with Gasteiger partial charge in [-0.15, -0.1) is 0 Å². The molecule has 0 spiro atoms. The van der Waals surface area contributed by atoms with Gasteiger partial charge in [0.1, 0.15) is 11.9 Å². The fourth-order valence-corrected chi connectivity index (χ4v) is 2.05. The number of carbonyl (C=O) groups is 1. The number of benzene rings is 2. The molecule has 0 aromatic heterocycles. The monoisotopic (exact) mass is 323 g/mol. The minimum absolute atomic E-state index is 0.0710. The summed E-state index contributed by atoms with van der Waals surface area (Å²) in [4.78, 5) is 11.6. The van der Waals surface area contributed by atoms with Gasteiger partial charge >= 0.3 is 6.18 Å². The zero-order chi connectivity index (χ0) is 16.9. The lowest BCUT2D eigenvalue weighted by atomic mass is 10.1. The van der Waals surface area contributed by atoms with Crippen molar-refractivity contribution < 1.29 is 22.7 Å². The maximum absolute atomic E-state index is 12.6. The minimum Gasteiger partial charge on any atom is -0.485 e. The third-order valence-electron chi connectivity index (χ3n) is 3.28. The first-order valence-corrected chi connectivity index (χ1v) is 6.99. The molecule has 2 aromatic carbocycles. The van der Waals surface area contributed by atoms with E-state index in [0.717, 1.165) is 17.7 Å². The first-order valence-electron chi connectivity index (χ1n) is 6.99. The zero-order valence-corrected chi connectivity index (χ0v) is 12.4. The molecule has 0 unspecified atom stereocenters. The molecule has 0 heterocycles. The van der Waals surface area contributed by atoms with Gasteiger partial charge in [-0.05, 0) is 29.8 Å². The van der Waals surface area contributed by atoms with E-state index in [1.807, 2.05) is 18.2 Å². The highest BCUT2D eigenvalue weighted by molar-refractivity contribution is 5.76. The van der Waals surface area contributed by atoms with Crippen molar-refractivity contribution in [3.8, 4) is 5.75 Å². The quantitative estimate of drug-likeness (QED) is 0.904. The summed E-state index contributed by atoms with van der Waals surface area (Å²) in [5.41, 5.74) is 0.0309. The van der Waals surface area contributed by atoms with Gasteiger partial charge in [0.25, 0.3) is 0 Å². The van der Waals surface area contributed by atoms with Crippen molar-refractivity contribution in [2.24, 2.45) is 0 Å². The summed E-state index contributed by atoms with van der Waals surface area (Å²) in [6, 6.07) is 13.5. The fourth-order valence-electron chi connectivity index (χ4n) is 2.05. The average Bonchev–Trinajstić information content (AvgIpc) is 2.54. The molecule has 1 atom stereocenters. The van der Waals surface area contributed by atoms with Gasteiger partial charge in [-0.2, -0.15) is 13.2 Å². The number of rotatable bonds is 5. The largest absolute Gasteiger partial charge is 0.485 e. The highest BCUT2D eigenvalue weighted by Crippen LogP contribution is 2.31. The predicted octanol–water partition coefficient (Wildman–Crippen LogP) is 3.96. The molecule has 0 aliphatic rings. The van der Waals surface area contributed by atoms with Gasteiger partial charge in [-0.3, -0.25) is 4.79 Å². The van der Waals surface area contributed by atoms with Crippen molar-refractivity contribution in [3.63, 3.8) is 0 Å². The molecule has 1 N–H and O–H groups in total. The van der Waals surface area contributed by atoms with E-state index in [0.29, 0.717) is 0 Å². The lowest BCUT2D eigenvalue weighted by molar-refractivity contribution is -0.137. The van der Waals surface area contributed by atoms with Gasteiger partial charge in [-0.25, -0.2) is 0 Å². The van der Waals surface area contributed by atoms with Crippen molar-refractivity contribution in [1.29, 1.82) is 0 Å². The first kappa shape index (κ1) is 16.9. The molecule has 1 amide bonds. The van der Waals surface area contributed by atoms with Crippen LogP contribution in [0.3, 0.4) is 0 Å². The Labute approximate surface area is 132 Å². The van der Waals surface area contributed by atoms with Crippen molar-refractivity contribution in [2.75, 3.05) is 7.05 Å². The van der Waals surface area contributed by atoms with Crippen molar-refractivity contribution in [2.45, 2.75) is 18.7 Å². The van der Waals surface area contributed by atoms with E-state index >= 15 is 0 Å². The fraction of sp³-hybridized carbons (Fsp3) is 0.235. The minimum atomic E-state index is -4.39. The summed E-state index contributed by atoms with van der Waals surface area (Å²) in [6.07, 6.45) is -4.89. The molecule has 6 heteroatoms. The lowest BCUT2D eigenvalue weighted by Crippen LogP contribution is -2.23. The van der Waals surface area contributed by atoms with Crippen molar-refractivity contribution in [3.05, 3.63) is 65.7 Å². The van der Waals surface area contributed by atoms with E-state index in [1.165, 1.54) is 19.2 Å². The van der Waals surface area contributed by atoms with Crippen LogP contribution in [0, 0.1) is 0 Å². The number of halogens is 3. The first-order chi connectivity index (χ1) is 10.9. The van der Waals surface area contributed by atoms with Crippen molar-refractivity contribution in [1.82, 2.24) is 5.32 Å². The normalized spacial score (nSPS) is 12.5. The second-order valence-corrected chi connectivity index (χ2v) is 4.92.